The molecule has 0 unspecified atom stereocenters. The van der Waals surface area contributed by atoms with Gasteiger partial charge in [-0.05, 0) is 26.0 Å². The van der Waals surface area contributed by atoms with Crippen molar-refractivity contribution < 1.29 is 0 Å². The second kappa shape index (κ2) is 3.77. The van der Waals surface area contributed by atoms with Gasteiger partial charge in [-0.3, -0.25) is 4.57 Å². The molecule has 1 N–H and O–H groups in total. The molecule has 0 atom stereocenters. The molecule has 0 radical (unpaired) electrons. The van der Waals surface area contributed by atoms with Crippen molar-refractivity contribution in [3.05, 3.63) is 41.7 Å². The van der Waals surface area contributed by atoms with E-state index in [0.29, 0.717) is 0 Å². The maximum Gasteiger partial charge on any atom is 0.207 e. The topological polar surface area (TPSA) is 29.9 Å². The molecule has 0 aliphatic rings. The number of nitrogens with one attached hydrogen (secondary N) is 1. The number of nitrogens with zero attached hydrogens (tertiary/aromatic N) is 2. The van der Waals surface area contributed by atoms with Crippen LogP contribution in [0.15, 0.2) is 30.5 Å². The van der Waals surface area contributed by atoms with Gasteiger partial charge in [0.15, 0.2) is 0 Å². The Morgan fingerprint density at radius 1 is 1.13 bits per heavy atom. The molecule has 2 aromatic rings. The van der Waals surface area contributed by atoms with Gasteiger partial charge >= 0.3 is 0 Å². The van der Waals surface area contributed by atoms with Crippen LogP contribution in [0.4, 0.5) is 5.95 Å². The Balaban J connectivity index is 2.48. The van der Waals surface area contributed by atoms with Crippen molar-refractivity contribution in [2.24, 2.45) is 0 Å². The summed E-state index contributed by atoms with van der Waals surface area (Å²) >= 11 is 0. The highest BCUT2D eigenvalue weighted by molar-refractivity contribution is 5.43. The summed E-state index contributed by atoms with van der Waals surface area (Å²) in [5.41, 5.74) is 3.41. The predicted molar refractivity (Wildman–Crippen MR) is 62.6 cm³/mol. The van der Waals surface area contributed by atoms with Gasteiger partial charge in [-0.15, -0.1) is 0 Å². The zero-order valence-corrected chi connectivity index (χ0v) is 9.28. The largest absolute Gasteiger partial charge is 0.358 e. The summed E-state index contributed by atoms with van der Waals surface area (Å²) in [5, 5.41) is 3.08. The lowest BCUT2D eigenvalue weighted by atomic mass is 10.2. The van der Waals surface area contributed by atoms with E-state index in [1.165, 1.54) is 5.56 Å². The van der Waals surface area contributed by atoms with Gasteiger partial charge in [-0.2, -0.15) is 0 Å². The van der Waals surface area contributed by atoms with E-state index >= 15 is 0 Å². The lowest BCUT2D eigenvalue weighted by molar-refractivity contribution is 1.05. The number of aromatic nitrogens is 2. The minimum atomic E-state index is 0.872. The average Bonchev–Trinajstić information content (AvgIpc) is 2.61. The van der Waals surface area contributed by atoms with Gasteiger partial charge < -0.3 is 5.32 Å². The normalized spacial score (nSPS) is 10.3. The number of hydrogen-bond acceptors (Lipinski definition) is 2. The minimum Gasteiger partial charge on any atom is -0.358 e. The van der Waals surface area contributed by atoms with Crippen LogP contribution in [0.25, 0.3) is 5.69 Å². The maximum absolute atomic E-state index is 4.38. The Morgan fingerprint density at radius 2 is 1.80 bits per heavy atom. The number of anilines is 1. The number of benzene rings is 1. The van der Waals surface area contributed by atoms with Crippen LogP contribution < -0.4 is 5.32 Å². The van der Waals surface area contributed by atoms with E-state index in [2.05, 4.69) is 46.1 Å². The molecule has 0 bridgehead atoms. The molecular formula is C12H15N3. The zero-order valence-electron chi connectivity index (χ0n) is 9.28. The SMILES string of the molecule is CNc1nc(C)cn1-c1ccc(C)cc1. The number of rotatable bonds is 2. The fourth-order valence-electron chi connectivity index (χ4n) is 1.58. The Morgan fingerprint density at radius 3 is 2.40 bits per heavy atom. The molecule has 0 saturated carbocycles. The number of aryl methyl sites for hydroxylation is 2. The number of hydrogen-bond donors (Lipinski definition) is 1. The first-order valence-electron chi connectivity index (χ1n) is 5.01. The average molecular weight is 201 g/mol. The summed E-state index contributed by atoms with van der Waals surface area (Å²) in [6, 6.07) is 8.39. The highest BCUT2D eigenvalue weighted by Crippen LogP contribution is 2.16. The first-order chi connectivity index (χ1) is 7.20. The van der Waals surface area contributed by atoms with Gasteiger partial charge in [0.05, 0.1) is 5.69 Å². The molecule has 0 fully saturated rings. The molecule has 1 heterocycles. The highest BCUT2D eigenvalue weighted by Gasteiger charge is 2.04. The number of imidazole rings is 1. The zero-order chi connectivity index (χ0) is 10.8. The van der Waals surface area contributed by atoms with Crippen LogP contribution in [0.2, 0.25) is 0 Å². The maximum atomic E-state index is 4.38. The summed E-state index contributed by atoms with van der Waals surface area (Å²) < 4.78 is 2.05. The van der Waals surface area contributed by atoms with Crippen molar-refractivity contribution in [1.29, 1.82) is 0 Å². The van der Waals surface area contributed by atoms with Crippen LogP contribution in [0.1, 0.15) is 11.3 Å². The van der Waals surface area contributed by atoms with E-state index < -0.39 is 0 Å². The van der Waals surface area contributed by atoms with Crippen molar-refractivity contribution in [3.8, 4) is 5.69 Å². The third-order valence-electron chi connectivity index (χ3n) is 2.36. The van der Waals surface area contributed by atoms with Crippen LogP contribution in [0.5, 0.6) is 0 Å². The molecule has 0 aliphatic carbocycles. The molecule has 1 aromatic heterocycles. The van der Waals surface area contributed by atoms with Crippen LogP contribution >= 0.6 is 0 Å². The molecule has 78 valence electrons. The van der Waals surface area contributed by atoms with Crippen molar-refractivity contribution in [2.45, 2.75) is 13.8 Å². The van der Waals surface area contributed by atoms with Crippen LogP contribution in [0.3, 0.4) is 0 Å². The van der Waals surface area contributed by atoms with E-state index in [9.17, 15) is 0 Å². The molecular weight excluding hydrogens is 186 g/mol. The predicted octanol–water partition coefficient (Wildman–Crippen LogP) is 2.53. The molecule has 1 aromatic carbocycles. The van der Waals surface area contributed by atoms with Crippen LogP contribution in [0, 0.1) is 13.8 Å². The van der Waals surface area contributed by atoms with Gasteiger partial charge in [-0.1, -0.05) is 17.7 Å². The van der Waals surface area contributed by atoms with Crippen LogP contribution in [-0.4, -0.2) is 16.6 Å². The standard InChI is InChI=1S/C12H15N3/c1-9-4-6-11(7-5-9)15-8-10(2)14-12(15)13-3/h4-8H,1-3H3,(H,13,14). The summed E-state index contributed by atoms with van der Waals surface area (Å²) in [7, 11) is 1.88. The van der Waals surface area contributed by atoms with Gasteiger partial charge in [0, 0.05) is 18.9 Å². The van der Waals surface area contributed by atoms with Gasteiger partial charge in [0.2, 0.25) is 5.95 Å². The minimum absolute atomic E-state index is 0.872. The summed E-state index contributed by atoms with van der Waals surface area (Å²) in [6.45, 7) is 4.08. The summed E-state index contributed by atoms with van der Waals surface area (Å²) in [6.07, 6.45) is 2.02. The summed E-state index contributed by atoms with van der Waals surface area (Å²) in [4.78, 5) is 4.38. The van der Waals surface area contributed by atoms with E-state index in [0.717, 1.165) is 17.3 Å². The fourth-order valence-corrected chi connectivity index (χ4v) is 1.58. The Labute approximate surface area is 89.8 Å². The first-order valence-corrected chi connectivity index (χ1v) is 5.01. The van der Waals surface area contributed by atoms with Crippen molar-refractivity contribution in [3.63, 3.8) is 0 Å². The lowest BCUT2D eigenvalue weighted by Crippen LogP contribution is -2.00. The molecule has 0 saturated heterocycles. The Kier molecular flexibility index (Phi) is 2.46. The van der Waals surface area contributed by atoms with Crippen molar-refractivity contribution >= 4 is 5.95 Å². The van der Waals surface area contributed by atoms with Gasteiger partial charge in [0.25, 0.3) is 0 Å². The Hall–Kier alpha value is -1.77. The quantitative estimate of drug-likeness (QED) is 0.809. The third kappa shape index (κ3) is 1.86. The molecule has 15 heavy (non-hydrogen) atoms. The molecule has 0 aliphatic heterocycles. The first kappa shape index (κ1) is 9.77. The second-order valence-electron chi connectivity index (χ2n) is 3.66. The van der Waals surface area contributed by atoms with Crippen molar-refractivity contribution in [1.82, 2.24) is 9.55 Å². The molecule has 0 amide bonds. The Bertz CT molecular complexity index is 454. The second-order valence-corrected chi connectivity index (χ2v) is 3.66. The van der Waals surface area contributed by atoms with Gasteiger partial charge in [0.1, 0.15) is 0 Å². The van der Waals surface area contributed by atoms with E-state index in [4.69, 9.17) is 0 Å². The van der Waals surface area contributed by atoms with Crippen LogP contribution in [-0.2, 0) is 0 Å². The van der Waals surface area contributed by atoms with E-state index in [1.54, 1.807) is 0 Å². The monoisotopic (exact) mass is 201 g/mol. The fraction of sp³-hybridized carbons (Fsp3) is 0.250. The smallest absolute Gasteiger partial charge is 0.207 e. The lowest BCUT2D eigenvalue weighted by Gasteiger charge is -2.06. The molecule has 3 nitrogen and oxygen atoms in total. The molecule has 3 heteroatoms. The molecule has 0 spiro atoms. The summed E-state index contributed by atoms with van der Waals surface area (Å²) in [5.74, 6) is 0.872. The van der Waals surface area contributed by atoms with E-state index in [-0.39, 0.29) is 0 Å². The highest BCUT2D eigenvalue weighted by atomic mass is 15.2. The van der Waals surface area contributed by atoms with Crippen molar-refractivity contribution in [2.75, 3.05) is 12.4 Å². The molecule has 2 rings (SSSR count). The van der Waals surface area contributed by atoms with E-state index in [1.807, 2.05) is 20.2 Å². The third-order valence-corrected chi connectivity index (χ3v) is 2.36. The van der Waals surface area contributed by atoms with Gasteiger partial charge in [-0.25, -0.2) is 4.98 Å².